The van der Waals surface area contributed by atoms with E-state index < -0.39 is 5.97 Å². The minimum Gasteiger partial charge on any atom is -0.478 e. The van der Waals surface area contributed by atoms with E-state index in [0.29, 0.717) is 18.1 Å². The largest absolute Gasteiger partial charge is 0.478 e. The second-order valence-corrected chi connectivity index (χ2v) is 5.36. The van der Waals surface area contributed by atoms with Gasteiger partial charge in [-0.3, -0.25) is 0 Å². The highest BCUT2D eigenvalue weighted by molar-refractivity contribution is 5.87. The standard InChI is InChI=1S/C18H16FN3O3/c1-2-15(12-3-5-14(19)6-4-12)25-17-8-10-21-22(17)16-11-13(18(23)24)7-9-20-16/h3-11,15H,2H2,1H3,(H,23,24)/t15-/m0/s1. The van der Waals surface area contributed by atoms with Crippen molar-refractivity contribution >= 4 is 5.97 Å². The lowest BCUT2D eigenvalue weighted by Gasteiger charge is -2.18. The van der Waals surface area contributed by atoms with E-state index >= 15 is 0 Å². The van der Waals surface area contributed by atoms with Gasteiger partial charge in [-0.1, -0.05) is 19.1 Å². The first kappa shape index (κ1) is 16.6. The van der Waals surface area contributed by atoms with E-state index in [1.165, 1.54) is 35.1 Å². The predicted molar refractivity (Wildman–Crippen MR) is 88.4 cm³/mol. The van der Waals surface area contributed by atoms with E-state index in [2.05, 4.69) is 10.1 Å². The molecule has 0 unspecified atom stereocenters. The molecule has 128 valence electrons. The second kappa shape index (κ2) is 7.12. The Balaban J connectivity index is 1.89. The molecule has 2 aromatic heterocycles. The molecule has 0 radical (unpaired) electrons. The molecule has 25 heavy (non-hydrogen) atoms. The first-order valence-corrected chi connectivity index (χ1v) is 7.74. The number of nitrogens with zero attached hydrogens (tertiary/aromatic N) is 3. The number of ether oxygens (including phenoxy) is 1. The zero-order valence-corrected chi connectivity index (χ0v) is 13.5. The Hall–Kier alpha value is -3.22. The number of pyridine rings is 1. The van der Waals surface area contributed by atoms with Gasteiger partial charge >= 0.3 is 5.97 Å². The van der Waals surface area contributed by atoms with Crippen molar-refractivity contribution in [1.29, 1.82) is 0 Å². The summed E-state index contributed by atoms with van der Waals surface area (Å²) in [7, 11) is 0. The van der Waals surface area contributed by atoms with Crippen LogP contribution in [-0.2, 0) is 0 Å². The summed E-state index contributed by atoms with van der Waals surface area (Å²) in [5.74, 6) is -0.588. The van der Waals surface area contributed by atoms with Crippen molar-refractivity contribution in [3.8, 4) is 11.7 Å². The second-order valence-electron chi connectivity index (χ2n) is 5.36. The van der Waals surface area contributed by atoms with E-state index in [-0.39, 0.29) is 17.5 Å². The summed E-state index contributed by atoms with van der Waals surface area (Å²) in [4.78, 5) is 15.3. The number of carboxylic acids is 1. The molecule has 1 N–H and O–H groups in total. The van der Waals surface area contributed by atoms with Crippen LogP contribution in [0.15, 0.2) is 54.9 Å². The average Bonchev–Trinajstić information content (AvgIpc) is 3.09. The van der Waals surface area contributed by atoms with Gasteiger partial charge in [0, 0.05) is 12.3 Å². The Labute approximate surface area is 143 Å². The fraction of sp³-hybridized carbons (Fsp3) is 0.167. The van der Waals surface area contributed by atoms with Crippen molar-refractivity contribution in [1.82, 2.24) is 14.8 Å². The highest BCUT2D eigenvalue weighted by atomic mass is 19.1. The summed E-state index contributed by atoms with van der Waals surface area (Å²) in [6.07, 6.45) is 3.32. The van der Waals surface area contributed by atoms with Crippen LogP contribution in [0.5, 0.6) is 5.88 Å². The van der Waals surface area contributed by atoms with Crippen molar-refractivity contribution < 1.29 is 19.0 Å². The summed E-state index contributed by atoms with van der Waals surface area (Å²) in [5.41, 5.74) is 0.945. The van der Waals surface area contributed by atoms with E-state index in [1.54, 1.807) is 24.4 Å². The molecule has 0 saturated carbocycles. The number of hydrogen-bond acceptors (Lipinski definition) is 4. The molecule has 1 atom stereocenters. The van der Waals surface area contributed by atoms with E-state index in [1.807, 2.05) is 6.92 Å². The van der Waals surface area contributed by atoms with Gasteiger partial charge in [-0.15, -0.1) is 0 Å². The van der Waals surface area contributed by atoms with Crippen molar-refractivity contribution in [3.63, 3.8) is 0 Å². The van der Waals surface area contributed by atoms with Crippen LogP contribution >= 0.6 is 0 Å². The topological polar surface area (TPSA) is 77.2 Å². The van der Waals surface area contributed by atoms with Gasteiger partial charge < -0.3 is 9.84 Å². The van der Waals surface area contributed by atoms with Crippen LogP contribution in [0.4, 0.5) is 4.39 Å². The summed E-state index contributed by atoms with van der Waals surface area (Å²) >= 11 is 0. The first-order valence-electron chi connectivity index (χ1n) is 7.74. The third-order valence-electron chi connectivity index (χ3n) is 3.69. The zero-order valence-electron chi connectivity index (χ0n) is 13.5. The predicted octanol–water partition coefficient (Wildman–Crippen LogP) is 3.63. The van der Waals surface area contributed by atoms with Gasteiger partial charge in [-0.05, 0) is 36.2 Å². The minimum absolute atomic E-state index is 0.108. The Kier molecular flexibility index (Phi) is 4.74. The van der Waals surface area contributed by atoms with E-state index in [4.69, 9.17) is 9.84 Å². The number of aromatic nitrogens is 3. The number of carbonyl (C=O) groups is 1. The molecule has 3 rings (SSSR count). The summed E-state index contributed by atoms with van der Waals surface area (Å²) < 4.78 is 20.5. The number of hydrogen-bond donors (Lipinski definition) is 1. The van der Waals surface area contributed by atoms with Crippen LogP contribution in [0, 0.1) is 5.82 Å². The van der Waals surface area contributed by atoms with Gasteiger partial charge in [0.25, 0.3) is 0 Å². The third kappa shape index (κ3) is 3.65. The van der Waals surface area contributed by atoms with Gasteiger partial charge in [-0.2, -0.15) is 9.78 Å². The van der Waals surface area contributed by atoms with Crippen LogP contribution in [0.25, 0.3) is 5.82 Å². The lowest BCUT2D eigenvalue weighted by atomic mass is 10.1. The van der Waals surface area contributed by atoms with Gasteiger partial charge in [0.15, 0.2) is 5.82 Å². The van der Waals surface area contributed by atoms with Crippen molar-refractivity contribution in [3.05, 3.63) is 71.8 Å². The maximum Gasteiger partial charge on any atom is 0.335 e. The van der Waals surface area contributed by atoms with E-state index in [9.17, 15) is 9.18 Å². The molecule has 2 heterocycles. The molecule has 0 fully saturated rings. The van der Waals surface area contributed by atoms with Crippen molar-refractivity contribution in [2.75, 3.05) is 0 Å². The van der Waals surface area contributed by atoms with Crippen molar-refractivity contribution in [2.45, 2.75) is 19.4 Å². The number of benzene rings is 1. The maximum absolute atomic E-state index is 13.1. The van der Waals surface area contributed by atoms with Gasteiger partial charge in [0.05, 0.1) is 11.8 Å². The molecule has 1 aromatic carbocycles. The molecule has 0 aliphatic carbocycles. The number of carboxylic acid groups (broad SMARTS) is 1. The Morgan fingerprint density at radius 1 is 1.24 bits per heavy atom. The fourth-order valence-electron chi connectivity index (χ4n) is 2.43. The highest BCUT2D eigenvalue weighted by Gasteiger charge is 2.16. The van der Waals surface area contributed by atoms with Crippen LogP contribution in [0.2, 0.25) is 0 Å². The molecule has 0 bridgehead atoms. The van der Waals surface area contributed by atoms with Gasteiger partial charge in [0.1, 0.15) is 11.9 Å². The summed E-state index contributed by atoms with van der Waals surface area (Å²) in [6, 6.07) is 10.6. The molecule has 0 aliphatic heterocycles. The molecule has 6 nitrogen and oxygen atoms in total. The molecule has 0 saturated heterocycles. The monoisotopic (exact) mass is 341 g/mol. The molecule has 7 heteroatoms. The Morgan fingerprint density at radius 3 is 2.68 bits per heavy atom. The first-order chi connectivity index (χ1) is 12.1. The SMILES string of the molecule is CC[C@H](Oc1ccnn1-c1cc(C(=O)O)ccn1)c1ccc(F)cc1. The van der Waals surface area contributed by atoms with E-state index in [0.717, 1.165) is 5.56 Å². The maximum atomic E-state index is 13.1. The molecule has 0 spiro atoms. The fourth-order valence-corrected chi connectivity index (χ4v) is 2.43. The summed E-state index contributed by atoms with van der Waals surface area (Å²) in [5, 5.41) is 13.3. The van der Waals surface area contributed by atoms with Crippen LogP contribution in [0.1, 0.15) is 35.4 Å². The molecule has 3 aromatic rings. The average molecular weight is 341 g/mol. The smallest absolute Gasteiger partial charge is 0.335 e. The van der Waals surface area contributed by atoms with Crippen molar-refractivity contribution in [2.24, 2.45) is 0 Å². The quantitative estimate of drug-likeness (QED) is 0.741. The third-order valence-corrected chi connectivity index (χ3v) is 3.69. The van der Waals surface area contributed by atoms with Gasteiger partial charge in [0.2, 0.25) is 5.88 Å². The molecular weight excluding hydrogens is 325 g/mol. The number of aromatic carboxylic acids is 1. The molecule has 0 aliphatic rings. The van der Waals surface area contributed by atoms with Crippen LogP contribution < -0.4 is 4.74 Å². The Morgan fingerprint density at radius 2 is 2.00 bits per heavy atom. The van der Waals surface area contributed by atoms with Crippen LogP contribution in [0.3, 0.4) is 0 Å². The number of rotatable bonds is 6. The molecular formula is C18H16FN3O3. The summed E-state index contributed by atoms with van der Waals surface area (Å²) in [6.45, 7) is 1.96. The Bertz CT molecular complexity index is 877. The lowest BCUT2D eigenvalue weighted by molar-refractivity contribution is 0.0696. The number of halogens is 1. The highest BCUT2D eigenvalue weighted by Crippen LogP contribution is 2.26. The zero-order chi connectivity index (χ0) is 17.8. The van der Waals surface area contributed by atoms with Gasteiger partial charge in [-0.25, -0.2) is 14.2 Å². The van der Waals surface area contributed by atoms with Crippen LogP contribution in [-0.4, -0.2) is 25.8 Å². The molecule has 0 amide bonds. The normalized spacial score (nSPS) is 11.9. The minimum atomic E-state index is -1.05. The lowest BCUT2D eigenvalue weighted by Crippen LogP contribution is -2.11.